The van der Waals surface area contributed by atoms with Crippen molar-refractivity contribution in [3.05, 3.63) is 77.2 Å². The van der Waals surface area contributed by atoms with Crippen molar-refractivity contribution in [1.29, 1.82) is 0 Å². The van der Waals surface area contributed by atoms with Gasteiger partial charge in [-0.2, -0.15) is 0 Å². The van der Waals surface area contributed by atoms with Gasteiger partial charge < -0.3 is 19.7 Å². The molecule has 0 atom stereocenters. The first-order chi connectivity index (χ1) is 13.4. The van der Waals surface area contributed by atoms with Gasteiger partial charge in [-0.05, 0) is 68.7 Å². The average molecular weight is 379 g/mol. The van der Waals surface area contributed by atoms with Crippen LogP contribution in [0.25, 0.3) is 5.82 Å². The van der Waals surface area contributed by atoms with Crippen LogP contribution < -0.4 is 0 Å². The fraction of sp³-hybridized carbons (Fsp3) is 0.273. The molecule has 2 aromatic heterocycles. The Morgan fingerprint density at radius 2 is 1.79 bits per heavy atom. The topological polar surface area (TPSA) is 78.6 Å². The number of carbonyl (C=O) groups is 1. The number of aromatic nitrogens is 2. The van der Waals surface area contributed by atoms with E-state index in [0.717, 1.165) is 28.5 Å². The quantitative estimate of drug-likeness (QED) is 0.641. The van der Waals surface area contributed by atoms with Gasteiger partial charge in [0.2, 0.25) is 0 Å². The minimum absolute atomic E-state index is 0.138. The Morgan fingerprint density at radius 1 is 1.07 bits per heavy atom. The van der Waals surface area contributed by atoms with E-state index in [-0.39, 0.29) is 12.3 Å². The van der Waals surface area contributed by atoms with E-state index in [1.807, 2.05) is 38.1 Å². The second-order valence-electron chi connectivity index (χ2n) is 6.92. The lowest BCUT2D eigenvalue weighted by Gasteiger charge is -2.19. The zero-order chi connectivity index (χ0) is 20.1. The van der Waals surface area contributed by atoms with Gasteiger partial charge in [-0.3, -0.25) is 0 Å². The van der Waals surface area contributed by atoms with Crippen molar-refractivity contribution in [2.75, 3.05) is 6.54 Å². The molecular weight excluding hydrogens is 354 g/mol. The highest BCUT2D eigenvalue weighted by Crippen LogP contribution is 2.16. The summed E-state index contributed by atoms with van der Waals surface area (Å²) in [5.74, 6) is 1.02. The number of aromatic hydroxyl groups is 1. The molecule has 0 saturated carbocycles. The van der Waals surface area contributed by atoms with E-state index >= 15 is 0 Å². The number of hydrogen-bond acceptors (Lipinski definition) is 3. The Labute approximate surface area is 164 Å². The van der Waals surface area contributed by atoms with E-state index in [1.54, 1.807) is 18.2 Å². The fourth-order valence-electron chi connectivity index (χ4n) is 3.33. The second-order valence-corrected chi connectivity index (χ2v) is 6.92. The third-order valence-corrected chi connectivity index (χ3v) is 4.71. The lowest BCUT2D eigenvalue weighted by Crippen LogP contribution is -2.30. The summed E-state index contributed by atoms with van der Waals surface area (Å²) >= 11 is 0. The van der Waals surface area contributed by atoms with Gasteiger partial charge in [0.05, 0.1) is 0 Å². The van der Waals surface area contributed by atoms with Gasteiger partial charge in [0.15, 0.2) is 0 Å². The van der Waals surface area contributed by atoms with Gasteiger partial charge in [-0.15, -0.1) is 0 Å². The van der Waals surface area contributed by atoms with Crippen LogP contribution in [0.4, 0.5) is 4.79 Å². The van der Waals surface area contributed by atoms with Crippen LogP contribution in [0.2, 0.25) is 0 Å². The molecule has 3 aromatic rings. The van der Waals surface area contributed by atoms with Crippen molar-refractivity contribution in [2.45, 2.75) is 33.2 Å². The summed E-state index contributed by atoms with van der Waals surface area (Å²) in [4.78, 5) is 17.7. The van der Waals surface area contributed by atoms with E-state index in [9.17, 15) is 15.0 Å². The number of nitrogens with zero attached hydrogens (tertiary/aromatic N) is 3. The maximum atomic E-state index is 11.6. The molecule has 2 heterocycles. The van der Waals surface area contributed by atoms with Crippen LogP contribution in [0.3, 0.4) is 0 Å². The highest BCUT2D eigenvalue weighted by atomic mass is 16.4. The van der Waals surface area contributed by atoms with Crippen molar-refractivity contribution >= 4 is 6.09 Å². The number of pyridine rings is 1. The Hall–Kier alpha value is -3.28. The number of aryl methyl sites for hydroxylation is 3. The highest BCUT2D eigenvalue weighted by molar-refractivity contribution is 5.65. The third-order valence-electron chi connectivity index (χ3n) is 4.71. The fourth-order valence-corrected chi connectivity index (χ4v) is 3.33. The number of carboxylic acid groups (broad SMARTS) is 1. The van der Waals surface area contributed by atoms with Gasteiger partial charge in [-0.25, -0.2) is 9.78 Å². The monoisotopic (exact) mass is 379 g/mol. The molecule has 0 unspecified atom stereocenters. The van der Waals surface area contributed by atoms with Crippen LogP contribution in [-0.2, 0) is 13.0 Å². The summed E-state index contributed by atoms with van der Waals surface area (Å²) in [5.41, 5.74) is 3.96. The first-order valence-corrected chi connectivity index (χ1v) is 9.31. The number of benzene rings is 1. The number of phenols is 1. The summed E-state index contributed by atoms with van der Waals surface area (Å²) in [6, 6.07) is 16.7. The Balaban J connectivity index is 1.63. The van der Waals surface area contributed by atoms with Crippen LogP contribution in [0.5, 0.6) is 5.75 Å². The van der Waals surface area contributed by atoms with E-state index in [1.165, 1.54) is 4.90 Å². The normalized spacial score (nSPS) is 10.8. The Morgan fingerprint density at radius 3 is 2.46 bits per heavy atom. The largest absolute Gasteiger partial charge is 0.508 e. The van der Waals surface area contributed by atoms with Crippen molar-refractivity contribution in [1.82, 2.24) is 14.5 Å². The molecule has 0 spiro atoms. The first kappa shape index (κ1) is 19.5. The molecular formula is C22H25N3O3. The SMILES string of the molecule is Cc1ccc(C)n1-c1cccc(CCCN(Cc2cccc(O)c2)C(=O)O)n1. The van der Waals surface area contributed by atoms with E-state index in [4.69, 9.17) is 4.98 Å². The minimum atomic E-state index is -0.969. The molecule has 0 aliphatic heterocycles. The molecule has 0 saturated heterocycles. The van der Waals surface area contributed by atoms with Gasteiger partial charge in [0, 0.05) is 30.2 Å². The van der Waals surface area contributed by atoms with Crippen LogP contribution >= 0.6 is 0 Å². The molecule has 0 aliphatic carbocycles. The second kappa shape index (κ2) is 8.61. The standard InChI is InChI=1S/C22H25N3O3/c1-16-11-12-17(2)25(16)21-10-4-7-19(23-21)8-5-13-24(22(27)28)15-18-6-3-9-20(26)14-18/h3-4,6-7,9-12,14,26H,5,8,13,15H2,1-2H3,(H,27,28). The maximum Gasteiger partial charge on any atom is 0.407 e. The minimum Gasteiger partial charge on any atom is -0.508 e. The predicted molar refractivity (Wildman–Crippen MR) is 108 cm³/mol. The lowest BCUT2D eigenvalue weighted by atomic mass is 10.1. The summed E-state index contributed by atoms with van der Waals surface area (Å²) in [5, 5.41) is 19.0. The predicted octanol–water partition coefficient (Wildman–Crippen LogP) is 4.31. The molecule has 2 N–H and O–H groups in total. The Bertz CT molecular complexity index is 946. The maximum absolute atomic E-state index is 11.6. The van der Waals surface area contributed by atoms with Crippen molar-refractivity contribution in [2.24, 2.45) is 0 Å². The van der Waals surface area contributed by atoms with E-state index < -0.39 is 6.09 Å². The molecule has 1 aromatic carbocycles. The molecule has 1 amide bonds. The molecule has 0 fully saturated rings. The zero-order valence-corrected chi connectivity index (χ0v) is 16.2. The summed E-state index contributed by atoms with van der Waals surface area (Å²) in [6.45, 7) is 4.75. The summed E-state index contributed by atoms with van der Waals surface area (Å²) in [7, 11) is 0. The number of phenolic OH excluding ortho intramolecular Hbond substituents is 1. The van der Waals surface area contributed by atoms with Gasteiger partial charge in [-0.1, -0.05) is 18.2 Å². The number of hydrogen-bond donors (Lipinski definition) is 2. The van der Waals surface area contributed by atoms with Crippen LogP contribution in [-0.4, -0.2) is 37.3 Å². The van der Waals surface area contributed by atoms with Crippen LogP contribution in [0.15, 0.2) is 54.6 Å². The van der Waals surface area contributed by atoms with E-state index in [2.05, 4.69) is 16.7 Å². The van der Waals surface area contributed by atoms with E-state index in [0.29, 0.717) is 19.4 Å². The number of rotatable bonds is 7. The van der Waals surface area contributed by atoms with Crippen molar-refractivity contribution in [3.8, 4) is 11.6 Å². The summed E-state index contributed by atoms with van der Waals surface area (Å²) < 4.78 is 2.11. The highest BCUT2D eigenvalue weighted by Gasteiger charge is 2.13. The molecule has 3 rings (SSSR count). The smallest absolute Gasteiger partial charge is 0.407 e. The molecule has 6 nitrogen and oxygen atoms in total. The average Bonchev–Trinajstić information content (AvgIpc) is 2.99. The molecule has 0 aliphatic rings. The van der Waals surface area contributed by atoms with Gasteiger partial charge in [0.1, 0.15) is 11.6 Å². The van der Waals surface area contributed by atoms with Crippen molar-refractivity contribution in [3.63, 3.8) is 0 Å². The molecule has 0 radical (unpaired) electrons. The molecule has 6 heteroatoms. The molecule has 0 bridgehead atoms. The zero-order valence-electron chi connectivity index (χ0n) is 16.2. The Kier molecular flexibility index (Phi) is 5.99. The van der Waals surface area contributed by atoms with Crippen molar-refractivity contribution < 1.29 is 15.0 Å². The third kappa shape index (κ3) is 4.71. The van der Waals surface area contributed by atoms with Gasteiger partial charge in [0.25, 0.3) is 0 Å². The van der Waals surface area contributed by atoms with Crippen LogP contribution in [0, 0.1) is 13.8 Å². The molecule has 28 heavy (non-hydrogen) atoms. The number of amides is 1. The summed E-state index contributed by atoms with van der Waals surface area (Å²) in [6.07, 6.45) is 0.394. The van der Waals surface area contributed by atoms with Gasteiger partial charge >= 0.3 is 6.09 Å². The van der Waals surface area contributed by atoms with Crippen LogP contribution in [0.1, 0.15) is 29.1 Å². The lowest BCUT2D eigenvalue weighted by molar-refractivity contribution is 0.141. The molecule has 146 valence electrons. The first-order valence-electron chi connectivity index (χ1n) is 9.31.